The average molecular weight is 239 g/mol. The maximum atomic E-state index is 5.85. The van der Waals surface area contributed by atoms with Crippen LogP contribution >= 0.6 is 15.9 Å². The van der Waals surface area contributed by atoms with Gasteiger partial charge in [-0.05, 0) is 35.0 Å². The van der Waals surface area contributed by atoms with Gasteiger partial charge in [0.15, 0.2) is 0 Å². The van der Waals surface area contributed by atoms with Crippen LogP contribution in [-0.4, -0.2) is 4.98 Å². The van der Waals surface area contributed by atoms with Crippen molar-refractivity contribution in [2.45, 2.75) is 19.4 Å². The summed E-state index contributed by atoms with van der Waals surface area (Å²) in [6.07, 6.45) is 2.40. The van der Waals surface area contributed by atoms with Crippen LogP contribution in [0.1, 0.15) is 25.1 Å². The Kier molecular flexibility index (Phi) is 3.94. The normalized spacial score (nSPS) is 11.6. The van der Waals surface area contributed by atoms with Gasteiger partial charge in [0, 0.05) is 17.1 Å². The first-order chi connectivity index (χ1) is 6.24. The molecule has 0 bridgehead atoms. The molecule has 0 aliphatic carbocycles. The van der Waals surface area contributed by atoms with Gasteiger partial charge in [0.1, 0.15) is 0 Å². The molecule has 0 fully saturated rings. The molecule has 1 aromatic rings. The predicted octanol–water partition coefficient (Wildman–Crippen LogP) is 2.26. The minimum Gasteiger partial charge on any atom is -0.322 e. The Bertz CT molecular complexity index is 321. The summed E-state index contributed by atoms with van der Waals surface area (Å²) < 4.78 is 0.963. The molecule has 0 aliphatic heterocycles. The Labute approximate surface area is 86.7 Å². The Morgan fingerprint density at radius 3 is 2.92 bits per heavy atom. The molecule has 68 valence electrons. The summed E-state index contributed by atoms with van der Waals surface area (Å²) in [6, 6.07) is 3.76. The van der Waals surface area contributed by atoms with Gasteiger partial charge < -0.3 is 5.73 Å². The minimum atomic E-state index is -0.0828. The lowest BCUT2D eigenvalue weighted by Gasteiger charge is -2.06. The molecule has 1 heterocycles. The van der Waals surface area contributed by atoms with Crippen molar-refractivity contribution >= 4 is 15.9 Å². The first kappa shape index (κ1) is 10.2. The molecule has 1 aromatic heterocycles. The Balaban J connectivity index is 2.69. The van der Waals surface area contributed by atoms with E-state index in [2.05, 4.69) is 32.8 Å². The van der Waals surface area contributed by atoms with Crippen LogP contribution in [-0.2, 0) is 0 Å². The molecule has 0 saturated carbocycles. The lowest BCUT2D eigenvalue weighted by Crippen LogP contribution is -2.10. The Morgan fingerprint density at radius 2 is 2.38 bits per heavy atom. The van der Waals surface area contributed by atoms with E-state index >= 15 is 0 Å². The third kappa shape index (κ3) is 3.17. The summed E-state index contributed by atoms with van der Waals surface area (Å²) in [5.41, 5.74) is 6.73. The Morgan fingerprint density at radius 1 is 1.62 bits per heavy atom. The van der Waals surface area contributed by atoms with Gasteiger partial charge in [0.2, 0.25) is 0 Å². The van der Waals surface area contributed by atoms with Crippen molar-refractivity contribution in [2.24, 2.45) is 5.73 Å². The zero-order valence-electron chi connectivity index (χ0n) is 7.42. The van der Waals surface area contributed by atoms with Gasteiger partial charge in [-0.2, -0.15) is 0 Å². The van der Waals surface area contributed by atoms with Crippen LogP contribution in [0.4, 0.5) is 0 Å². The third-order valence-electron chi connectivity index (χ3n) is 1.63. The smallest absolute Gasteiger partial charge is 0.0581 e. The number of rotatable bonds is 2. The van der Waals surface area contributed by atoms with Gasteiger partial charge >= 0.3 is 0 Å². The number of nitrogens with two attached hydrogens (primary N) is 1. The molecule has 1 rings (SSSR count). The highest BCUT2D eigenvalue weighted by Crippen LogP contribution is 2.13. The summed E-state index contributed by atoms with van der Waals surface area (Å²) >= 11 is 3.32. The van der Waals surface area contributed by atoms with Gasteiger partial charge in [0.05, 0.1) is 11.7 Å². The third-order valence-corrected chi connectivity index (χ3v) is 2.10. The second kappa shape index (κ2) is 5.00. The fourth-order valence-corrected chi connectivity index (χ4v) is 1.16. The van der Waals surface area contributed by atoms with Crippen molar-refractivity contribution in [1.29, 1.82) is 0 Å². The standard InChI is InChI=1S/C10H11BrN2/c1-2-3-4-9(12)10-6-5-8(11)7-13-10/h5-7,9H,4,12H2,1H3. The fraction of sp³-hybridized carbons (Fsp3) is 0.300. The summed E-state index contributed by atoms with van der Waals surface area (Å²) in [6.45, 7) is 1.81. The highest BCUT2D eigenvalue weighted by molar-refractivity contribution is 9.10. The number of hydrogen-bond donors (Lipinski definition) is 1. The van der Waals surface area contributed by atoms with Gasteiger partial charge in [0.25, 0.3) is 0 Å². The van der Waals surface area contributed by atoms with E-state index in [0.717, 1.165) is 10.2 Å². The monoisotopic (exact) mass is 238 g/mol. The molecule has 0 radical (unpaired) electrons. The largest absolute Gasteiger partial charge is 0.322 e. The van der Waals surface area contributed by atoms with Crippen molar-refractivity contribution in [2.75, 3.05) is 0 Å². The molecular formula is C10H11BrN2. The van der Waals surface area contributed by atoms with E-state index in [-0.39, 0.29) is 6.04 Å². The maximum Gasteiger partial charge on any atom is 0.0581 e. The van der Waals surface area contributed by atoms with Gasteiger partial charge in [-0.15, -0.1) is 11.8 Å². The number of nitrogens with zero attached hydrogens (tertiary/aromatic N) is 1. The van der Waals surface area contributed by atoms with Crippen LogP contribution in [0, 0.1) is 11.8 Å². The van der Waals surface area contributed by atoms with Crippen molar-refractivity contribution in [3.63, 3.8) is 0 Å². The van der Waals surface area contributed by atoms with Crippen LogP contribution in [0.3, 0.4) is 0 Å². The van der Waals surface area contributed by atoms with E-state index in [4.69, 9.17) is 5.73 Å². The topological polar surface area (TPSA) is 38.9 Å². The summed E-state index contributed by atoms with van der Waals surface area (Å²) in [5.74, 6) is 5.75. The van der Waals surface area contributed by atoms with E-state index in [1.807, 2.05) is 19.1 Å². The summed E-state index contributed by atoms with van der Waals surface area (Å²) in [4.78, 5) is 4.19. The van der Waals surface area contributed by atoms with E-state index in [1.54, 1.807) is 6.20 Å². The summed E-state index contributed by atoms with van der Waals surface area (Å²) in [7, 11) is 0. The van der Waals surface area contributed by atoms with Crippen LogP contribution in [0.25, 0.3) is 0 Å². The van der Waals surface area contributed by atoms with Crippen molar-refractivity contribution < 1.29 is 0 Å². The quantitative estimate of drug-likeness (QED) is 0.804. The van der Waals surface area contributed by atoms with Crippen LogP contribution < -0.4 is 5.73 Å². The zero-order valence-corrected chi connectivity index (χ0v) is 9.01. The van der Waals surface area contributed by atoms with Gasteiger partial charge in [-0.3, -0.25) is 4.98 Å². The van der Waals surface area contributed by atoms with E-state index in [9.17, 15) is 0 Å². The molecule has 2 nitrogen and oxygen atoms in total. The molecular weight excluding hydrogens is 228 g/mol. The molecule has 0 spiro atoms. The molecule has 0 aromatic carbocycles. The van der Waals surface area contributed by atoms with E-state index in [0.29, 0.717) is 6.42 Å². The number of aromatic nitrogens is 1. The zero-order chi connectivity index (χ0) is 9.68. The summed E-state index contributed by atoms with van der Waals surface area (Å²) in [5, 5.41) is 0. The molecule has 1 atom stereocenters. The molecule has 0 amide bonds. The van der Waals surface area contributed by atoms with E-state index in [1.165, 1.54) is 0 Å². The minimum absolute atomic E-state index is 0.0828. The first-order valence-electron chi connectivity index (χ1n) is 4.00. The van der Waals surface area contributed by atoms with Crippen LogP contribution in [0.15, 0.2) is 22.8 Å². The first-order valence-corrected chi connectivity index (χ1v) is 4.80. The molecule has 2 N–H and O–H groups in total. The molecule has 0 saturated heterocycles. The van der Waals surface area contributed by atoms with Crippen molar-refractivity contribution in [3.8, 4) is 11.8 Å². The molecule has 1 unspecified atom stereocenters. The van der Waals surface area contributed by atoms with Gasteiger partial charge in [-0.25, -0.2) is 0 Å². The maximum absolute atomic E-state index is 5.85. The molecule has 0 aliphatic rings. The fourth-order valence-electron chi connectivity index (χ4n) is 0.923. The SMILES string of the molecule is CC#CCC(N)c1ccc(Br)cn1. The highest BCUT2D eigenvalue weighted by Gasteiger charge is 2.04. The Hall–Kier alpha value is -0.850. The van der Waals surface area contributed by atoms with Gasteiger partial charge in [-0.1, -0.05) is 0 Å². The number of halogens is 1. The average Bonchev–Trinajstić information content (AvgIpc) is 2.15. The molecule has 3 heteroatoms. The van der Waals surface area contributed by atoms with Crippen LogP contribution in [0.5, 0.6) is 0 Å². The van der Waals surface area contributed by atoms with Crippen LogP contribution in [0.2, 0.25) is 0 Å². The predicted molar refractivity (Wildman–Crippen MR) is 56.9 cm³/mol. The van der Waals surface area contributed by atoms with E-state index < -0.39 is 0 Å². The highest BCUT2D eigenvalue weighted by atomic mass is 79.9. The van der Waals surface area contributed by atoms with Crippen molar-refractivity contribution in [1.82, 2.24) is 4.98 Å². The van der Waals surface area contributed by atoms with Crippen molar-refractivity contribution in [3.05, 3.63) is 28.5 Å². The molecule has 13 heavy (non-hydrogen) atoms. The second-order valence-electron chi connectivity index (χ2n) is 2.64. The lowest BCUT2D eigenvalue weighted by atomic mass is 10.1. The second-order valence-corrected chi connectivity index (χ2v) is 3.55. The number of hydrogen-bond acceptors (Lipinski definition) is 2. The lowest BCUT2D eigenvalue weighted by molar-refractivity contribution is 0.724. The number of pyridine rings is 1.